The van der Waals surface area contributed by atoms with Crippen molar-refractivity contribution in [3.8, 4) is 0 Å². The fourth-order valence-electron chi connectivity index (χ4n) is 1.71. The van der Waals surface area contributed by atoms with E-state index in [1.54, 1.807) is 18.2 Å². The van der Waals surface area contributed by atoms with Crippen molar-refractivity contribution in [3.05, 3.63) is 68.4 Å². The smallest absolute Gasteiger partial charge is 0.338 e. The third-order valence-corrected chi connectivity index (χ3v) is 4.47. The molecule has 0 aliphatic carbocycles. The topological polar surface area (TPSA) is 69.4 Å². The number of rotatable bonds is 6. The van der Waals surface area contributed by atoms with Crippen molar-refractivity contribution in [2.24, 2.45) is 0 Å². The number of nitro benzene ring substituents is 1. The molecule has 2 aromatic rings. The number of thioether (sulfide) groups is 1. The average molecular weight is 400 g/mol. The van der Waals surface area contributed by atoms with Crippen LogP contribution in [0, 0.1) is 15.9 Å². The summed E-state index contributed by atoms with van der Waals surface area (Å²) in [5.74, 6) is -0.604. The maximum Gasteiger partial charge on any atom is 0.338 e. The van der Waals surface area contributed by atoms with Gasteiger partial charge in [-0.25, -0.2) is 9.18 Å². The van der Waals surface area contributed by atoms with Crippen LogP contribution < -0.4 is 0 Å². The van der Waals surface area contributed by atoms with Crippen LogP contribution in [0.5, 0.6) is 0 Å². The van der Waals surface area contributed by atoms with Gasteiger partial charge in [-0.15, -0.1) is 11.8 Å². The number of hydrogen-bond donors (Lipinski definition) is 0. The van der Waals surface area contributed by atoms with Gasteiger partial charge in [0.1, 0.15) is 12.4 Å². The van der Waals surface area contributed by atoms with E-state index in [1.807, 2.05) is 0 Å². The fraction of sp³-hybridized carbons (Fsp3) is 0.133. The van der Waals surface area contributed by atoms with E-state index in [9.17, 15) is 19.3 Å². The van der Waals surface area contributed by atoms with Crippen LogP contribution in [0.15, 0.2) is 51.8 Å². The summed E-state index contributed by atoms with van der Waals surface area (Å²) in [4.78, 5) is 22.6. The molecule has 0 fully saturated rings. The van der Waals surface area contributed by atoms with Crippen molar-refractivity contribution < 1.29 is 18.8 Å². The van der Waals surface area contributed by atoms with E-state index in [4.69, 9.17) is 4.74 Å². The Labute approximate surface area is 144 Å². The Balaban J connectivity index is 1.89. The molecule has 0 aliphatic heterocycles. The Morgan fingerprint density at radius 3 is 2.74 bits per heavy atom. The number of ether oxygens (including phenoxy) is 1. The van der Waals surface area contributed by atoms with Gasteiger partial charge in [0.25, 0.3) is 5.69 Å². The zero-order valence-corrected chi connectivity index (χ0v) is 14.1. The fourth-order valence-corrected chi connectivity index (χ4v) is 2.87. The Morgan fingerprint density at radius 1 is 1.30 bits per heavy atom. The molecule has 0 unspecified atom stereocenters. The zero-order chi connectivity index (χ0) is 16.8. The maximum absolute atomic E-state index is 13.4. The lowest BCUT2D eigenvalue weighted by Gasteiger charge is -2.06. The first-order chi connectivity index (χ1) is 11.0. The summed E-state index contributed by atoms with van der Waals surface area (Å²) in [5, 5.41) is 10.8. The molecular formula is C15H11BrFNO4S. The van der Waals surface area contributed by atoms with E-state index in [0.717, 1.165) is 6.07 Å². The highest BCUT2D eigenvalue weighted by molar-refractivity contribution is 9.10. The summed E-state index contributed by atoms with van der Waals surface area (Å²) in [6.07, 6.45) is 0. The molecule has 120 valence electrons. The molecule has 0 aliphatic rings. The van der Waals surface area contributed by atoms with Gasteiger partial charge in [0.15, 0.2) is 0 Å². The maximum atomic E-state index is 13.4. The molecule has 0 saturated carbocycles. The van der Waals surface area contributed by atoms with Crippen LogP contribution in [-0.2, 0) is 4.74 Å². The molecule has 0 bridgehead atoms. The molecule has 5 nitrogen and oxygen atoms in total. The molecule has 0 radical (unpaired) electrons. The highest BCUT2D eigenvalue weighted by Gasteiger charge is 2.16. The predicted octanol–water partition coefficient (Wildman–Crippen LogP) is 4.45. The van der Waals surface area contributed by atoms with E-state index in [0.29, 0.717) is 10.6 Å². The van der Waals surface area contributed by atoms with Gasteiger partial charge in [-0.05, 0) is 40.2 Å². The van der Waals surface area contributed by atoms with E-state index in [-0.39, 0.29) is 28.1 Å². The molecule has 0 N–H and O–H groups in total. The molecule has 23 heavy (non-hydrogen) atoms. The highest BCUT2D eigenvalue weighted by Crippen LogP contribution is 2.26. The summed E-state index contributed by atoms with van der Waals surface area (Å²) in [6.45, 7) is 0.0711. The van der Waals surface area contributed by atoms with Gasteiger partial charge in [0, 0.05) is 16.7 Å². The van der Waals surface area contributed by atoms with Crippen molar-refractivity contribution >= 4 is 39.3 Å². The van der Waals surface area contributed by atoms with Gasteiger partial charge in [-0.1, -0.05) is 12.1 Å². The van der Waals surface area contributed by atoms with Crippen molar-refractivity contribution in [2.45, 2.75) is 4.90 Å². The molecule has 0 saturated heterocycles. The number of carbonyl (C=O) groups excluding carboxylic acids is 1. The first-order valence-electron chi connectivity index (χ1n) is 6.47. The lowest BCUT2D eigenvalue weighted by molar-refractivity contribution is -0.385. The number of esters is 1. The van der Waals surface area contributed by atoms with Crippen LogP contribution in [0.2, 0.25) is 0 Å². The minimum Gasteiger partial charge on any atom is -0.461 e. The lowest BCUT2D eigenvalue weighted by atomic mass is 10.2. The van der Waals surface area contributed by atoms with Gasteiger partial charge < -0.3 is 4.74 Å². The van der Waals surface area contributed by atoms with Gasteiger partial charge in [0.2, 0.25) is 0 Å². The molecule has 2 aromatic carbocycles. The highest BCUT2D eigenvalue weighted by atomic mass is 79.9. The molecule has 0 heterocycles. The normalized spacial score (nSPS) is 10.3. The molecule has 0 spiro atoms. The summed E-state index contributed by atoms with van der Waals surface area (Å²) >= 11 is 4.27. The quantitative estimate of drug-likeness (QED) is 0.236. The third-order valence-electron chi connectivity index (χ3n) is 2.79. The second-order valence-corrected chi connectivity index (χ2v) is 6.33. The number of hydrogen-bond acceptors (Lipinski definition) is 5. The van der Waals surface area contributed by atoms with Crippen LogP contribution in [0.3, 0.4) is 0 Å². The Bertz CT molecular complexity index is 741. The SMILES string of the molecule is O=C(OCCSc1ccccc1F)c1ccc(Br)c([N+](=O)[O-])c1. The van der Waals surface area contributed by atoms with Gasteiger partial charge >= 0.3 is 5.97 Å². The first kappa shape index (κ1) is 17.4. The average Bonchev–Trinajstić information content (AvgIpc) is 2.53. The van der Waals surface area contributed by atoms with E-state index >= 15 is 0 Å². The third kappa shape index (κ3) is 4.77. The Hall–Kier alpha value is -1.93. The number of nitro groups is 1. The van der Waals surface area contributed by atoms with E-state index in [2.05, 4.69) is 15.9 Å². The van der Waals surface area contributed by atoms with Gasteiger partial charge in [0.05, 0.1) is 15.0 Å². The lowest BCUT2D eigenvalue weighted by Crippen LogP contribution is -2.08. The van der Waals surface area contributed by atoms with Crippen LogP contribution in [0.4, 0.5) is 10.1 Å². The second-order valence-electron chi connectivity index (χ2n) is 4.34. The Kier molecular flexibility index (Phi) is 6.12. The minimum absolute atomic E-state index is 0.0711. The van der Waals surface area contributed by atoms with E-state index in [1.165, 1.54) is 30.0 Å². The number of halogens is 2. The molecular weight excluding hydrogens is 389 g/mol. The van der Waals surface area contributed by atoms with Crippen LogP contribution in [0.1, 0.15) is 10.4 Å². The first-order valence-corrected chi connectivity index (χ1v) is 8.25. The zero-order valence-electron chi connectivity index (χ0n) is 11.7. The van der Waals surface area contributed by atoms with Gasteiger partial charge in [-0.3, -0.25) is 10.1 Å². The summed E-state index contributed by atoms with van der Waals surface area (Å²) in [5.41, 5.74) is -0.115. The number of carbonyl (C=O) groups is 1. The summed E-state index contributed by atoms with van der Waals surface area (Å²) < 4.78 is 18.7. The molecule has 2 rings (SSSR count). The monoisotopic (exact) mass is 399 g/mol. The number of nitrogens with zero attached hydrogens (tertiary/aromatic N) is 1. The largest absolute Gasteiger partial charge is 0.461 e. The van der Waals surface area contributed by atoms with Gasteiger partial charge in [-0.2, -0.15) is 0 Å². The van der Waals surface area contributed by atoms with Crippen LogP contribution >= 0.6 is 27.7 Å². The number of benzene rings is 2. The van der Waals surface area contributed by atoms with Crippen molar-refractivity contribution in [2.75, 3.05) is 12.4 Å². The molecule has 0 atom stereocenters. The van der Waals surface area contributed by atoms with Crippen molar-refractivity contribution in [1.82, 2.24) is 0 Å². The van der Waals surface area contributed by atoms with E-state index < -0.39 is 10.9 Å². The molecule has 8 heteroatoms. The minimum atomic E-state index is -0.658. The van der Waals surface area contributed by atoms with Crippen LogP contribution in [0.25, 0.3) is 0 Å². The Morgan fingerprint density at radius 2 is 2.04 bits per heavy atom. The predicted molar refractivity (Wildman–Crippen MR) is 88.2 cm³/mol. The van der Waals surface area contributed by atoms with Crippen molar-refractivity contribution in [1.29, 1.82) is 0 Å². The standard InChI is InChI=1S/C15H11BrFNO4S/c16-11-6-5-10(9-13(11)18(20)21)15(19)22-7-8-23-14-4-2-1-3-12(14)17/h1-6,9H,7-8H2. The second kappa shape index (κ2) is 8.07. The summed E-state index contributed by atoms with van der Waals surface area (Å²) in [6, 6.07) is 10.3. The van der Waals surface area contributed by atoms with Crippen LogP contribution in [-0.4, -0.2) is 23.3 Å². The molecule has 0 aromatic heterocycles. The summed E-state index contributed by atoms with van der Waals surface area (Å²) in [7, 11) is 0. The van der Waals surface area contributed by atoms with Crippen molar-refractivity contribution in [3.63, 3.8) is 0 Å². The molecule has 0 amide bonds.